The number of allylic oxidation sites excluding steroid dienone is 1. The van der Waals surface area contributed by atoms with Crippen molar-refractivity contribution in [2.45, 2.75) is 103 Å². The molecule has 0 spiro atoms. The number of aliphatic hydroxyl groups excluding tert-OH is 1. The Labute approximate surface area is 176 Å². The van der Waals surface area contributed by atoms with Crippen molar-refractivity contribution in [3.8, 4) is 0 Å². The van der Waals surface area contributed by atoms with E-state index in [1.165, 1.54) is 25.7 Å². The van der Waals surface area contributed by atoms with Crippen LogP contribution in [0.25, 0.3) is 0 Å². The van der Waals surface area contributed by atoms with E-state index in [2.05, 4.69) is 40.7 Å². The predicted molar refractivity (Wildman–Crippen MR) is 113 cm³/mol. The summed E-state index contributed by atoms with van der Waals surface area (Å²) < 4.78 is 6.36. The molecular formula is C25H41NO3. The van der Waals surface area contributed by atoms with Crippen molar-refractivity contribution >= 4 is 0 Å². The Bertz CT molecular complexity index is 719. The summed E-state index contributed by atoms with van der Waals surface area (Å²) in [7, 11) is 0. The summed E-state index contributed by atoms with van der Waals surface area (Å²) >= 11 is 0. The summed E-state index contributed by atoms with van der Waals surface area (Å²) in [5.74, 6) is 2.59. The monoisotopic (exact) mass is 403 g/mol. The molecule has 4 fully saturated rings. The van der Waals surface area contributed by atoms with Crippen LogP contribution in [0.5, 0.6) is 0 Å². The van der Waals surface area contributed by atoms with Gasteiger partial charge in [0.2, 0.25) is 0 Å². The van der Waals surface area contributed by atoms with Gasteiger partial charge in [-0.05, 0) is 101 Å². The normalized spacial score (nSPS) is 54.4. The molecule has 29 heavy (non-hydrogen) atoms. The Hall–Kier alpha value is -0.420. The van der Waals surface area contributed by atoms with Gasteiger partial charge in [-0.3, -0.25) is 0 Å². The van der Waals surface area contributed by atoms with Crippen LogP contribution in [0.3, 0.4) is 0 Å². The molecule has 4 heteroatoms. The van der Waals surface area contributed by atoms with Gasteiger partial charge in [-0.2, -0.15) is 5.06 Å². The minimum Gasteiger partial charge on any atom is -0.393 e. The number of aliphatic hydroxyl groups is 1. The van der Waals surface area contributed by atoms with Crippen LogP contribution in [-0.4, -0.2) is 39.4 Å². The third kappa shape index (κ3) is 2.65. The second-order valence-corrected chi connectivity index (χ2v) is 12.3. The molecule has 1 heterocycles. The Balaban J connectivity index is 1.45. The zero-order valence-corrected chi connectivity index (χ0v) is 19.1. The number of hydroxylamine groups is 2. The van der Waals surface area contributed by atoms with Crippen molar-refractivity contribution in [2.24, 2.45) is 34.5 Å². The van der Waals surface area contributed by atoms with Crippen LogP contribution in [0.1, 0.15) is 86.0 Å². The highest BCUT2D eigenvalue weighted by atomic mass is 16.6. The first-order valence-corrected chi connectivity index (χ1v) is 12.0. The summed E-state index contributed by atoms with van der Waals surface area (Å²) in [6.45, 7) is 11.9. The van der Waals surface area contributed by atoms with E-state index in [9.17, 15) is 10.3 Å². The first-order valence-electron chi connectivity index (χ1n) is 12.0. The minimum absolute atomic E-state index is 0.131. The average Bonchev–Trinajstić information content (AvgIpc) is 3.13. The van der Waals surface area contributed by atoms with Gasteiger partial charge in [0.25, 0.3) is 0 Å². The maximum Gasteiger partial charge on any atom is 0.144 e. The number of rotatable bonds is 1. The third-order valence-electron chi connectivity index (χ3n) is 10.4. The zero-order chi connectivity index (χ0) is 20.8. The van der Waals surface area contributed by atoms with Gasteiger partial charge in [-0.15, -0.1) is 0 Å². The molecule has 8 atom stereocenters. The summed E-state index contributed by atoms with van der Waals surface area (Å²) in [6, 6.07) is 0. The van der Waals surface area contributed by atoms with E-state index in [1.807, 2.05) is 0 Å². The lowest BCUT2D eigenvalue weighted by Gasteiger charge is -2.59. The van der Waals surface area contributed by atoms with E-state index in [-0.39, 0.29) is 17.1 Å². The maximum absolute atomic E-state index is 11.1. The molecule has 4 aliphatic carbocycles. The molecule has 0 aromatic heterocycles. The van der Waals surface area contributed by atoms with Gasteiger partial charge in [0.1, 0.15) is 5.72 Å². The molecule has 4 unspecified atom stereocenters. The van der Waals surface area contributed by atoms with Crippen molar-refractivity contribution in [3.05, 3.63) is 11.6 Å². The van der Waals surface area contributed by atoms with Crippen LogP contribution in [-0.2, 0) is 4.74 Å². The standard InChI is InChI=1S/C25H41NO3/c1-22(2)15-29-25(5,26(22)28)21-9-8-19-18-7-6-16-14-17(27)10-12-23(16,3)20(18)11-13-24(19,21)4/h6,17-21,27-28H,7-15H2,1-5H3/t17-,18?,19?,20?,21+,23+,24+,25?/m1/s1. The lowest BCUT2D eigenvalue weighted by Crippen LogP contribution is -2.58. The molecule has 0 aromatic rings. The fourth-order valence-corrected chi connectivity index (χ4v) is 8.82. The summed E-state index contributed by atoms with van der Waals surface area (Å²) in [5.41, 5.74) is 1.17. The molecule has 2 N–H and O–H groups in total. The first kappa shape index (κ1) is 20.5. The number of ether oxygens (including phenoxy) is 1. The highest BCUT2D eigenvalue weighted by Gasteiger charge is 2.65. The highest BCUT2D eigenvalue weighted by molar-refractivity contribution is 5.25. The van der Waals surface area contributed by atoms with Crippen molar-refractivity contribution in [1.29, 1.82) is 0 Å². The van der Waals surface area contributed by atoms with Crippen molar-refractivity contribution in [2.75, 3.05) is 6.61 Å². The van der Waals surface area contributed by atoms with E-state index in [0.717, 1.165) is 37.5 Å². The molecule has 5 rings (SSSR count). The highest BCUT2D eigenvalue weighted by Crippen LogP contribution is 2.68. The fraction of sp³-hybridized carbons (Fsp3) is 0.920. The van der Waals surface area contributed by atoms with Crippen LogP contribution in [0.2, 0.25) is 0 Å². The second kappa shape index (κ2) is 6.31. The lowest BCUT2D eigenvalue weighted by atomic mass is 9.47. The molecule has 1 aliphatic heterocycles. The molecule has 1 saturated heterocycles. The van der Waals surface area contributed by atoms with Crippen molar-refractivity contribution in [3.63, 3.8) is 0 Å². The quantitative estimate of drug-likeness (QED) is 0.595. The molecule has 0 bridgehead atoms. The van der Waals surface area contributed by atoms with E-state index >= 15 is 0 Å². The predicted octanol–water partition coefficient (Wildman–Crippen LogP) is 5.14. The lowest BCUT2D eigenvalue weighted by molar-refractivity contribution is -0.278. The SMILES string of the molecule is CC1(C)COC(C)([C@H]2CCC3C4CC=C5C[C@H](O)CC[C@]5(C)C4CC[C@@]32C)N1O. The molecule has 0 radical (unpaired) electrons. The van der Waals surface area contributed by atoms with Crippen LogP contribution in [0.4, 0.5) is 0 Å². The Morgan fingerprint density at radius 2 is 1.76 bits per heavy atom. The molecule has 3 saturated carbocycles. The summed E-state index contributed by atoms with van der Waals surface area (Å²) in [4.78, 5) is 0. The summed E-state index contributed by atoms with van der Waals surface area (Å²) in [5, 5.41) is 22.8. The number of nitrogens with zero attached hydrogens (tertiary/aromatic N) is 1. The smallest absolute Gasteiger partial charge is 0.144 e. The second-order valence-electron chi connectivity index (χ2n) is 12.3. The van der Waals surface area contributed by atoms with Crippen molar-refractivity contribution in [1.82, 2.24) is 5.06 Å². The van der Waals surface area contributed by atoms with E-state index in [1.54, 1.807) is 10.6 Å². The Kier molecular flexibility index (Phi) is 4.45. The molecule has 164 valence electrons. The van der Waals surface area contributed by atoms with Crippen LogP contribution in [0, 0.1) is 34.5 Å². The Morgan fingerprint density at radius 3 is 2.45 bits per heavy atom. The molecular weight excluding hydrogens is 362 g/mol. The fourth-order valence-electron chi connectivity index (χ4n) is 8.82. The molecule has 4 nitrogen and oxygen atoms in total. The van der Waals surface area contributed by atoms with E-state index < -0.39 is 5.72 Å². The minimum atomic E-state index is -0.575. The van der Waals surface area contributed by atoms with Gasteiger partial charge in [-0.25, -0.2) is 0 Å². The van der Waals surface area contributed by atoms with Crippen LogP contribution >= 0.6 is 0 Å². The van der Waals surface area contributed by atoms with Gasteiger partial charge in [-0.1, -0.05) is 25.5 Å². The van der Waals surface area contributed by atoms with Crippen LogP contribution < -0.4 is 0 Å². The average molecular weight is 404 g/mol. The Morgan fingerprint density at radius 1 is 1.00 bits per heavy atom. The molecule has 5 aliphatic rings. The first-order chi connectivity index (χ1) is 13.5. The van der Waals surface area contributed by atoms with E-state index in [0.29, 0.717) is 23.9 Å². The largest absolute Gasteiger partial charge is 0.393 e. The number of hydrogen-bond donors (Lipinski definition) is 2. The van der Waals surface area contributed by atoms with Crippen LogP contribution in [0.15, 0.2) is 11.6 Å². The van der Waals surface area contributed by atoms with Gasteiger partial charge in [0, 0.05) is 5.92 Å². The summed E-state index contributed by atoms with van der Waals surface area (Å²) in [6.07, 6.45) is 11.5. The van der Waals surface area contributed by atoms with Gasteiger partial charge >= 0.3 is 0 Å². The van der Waals surface area contributed by atoms with E-state index in [4.69, 9.17) is 4.74 Å². The number of hydrogen-bond acceptors (Lipinski definition) is 4. The van der Waals surface area contributed by atoms with Crippen molar-refractivity contribution < 1.29 is 15.1 Å². The molecule has 0 amide bonds. The van der Waals surface area contributed by atoms with Gasteiger partial charge in [0.15, 0.2) is 0 Å². The topological polar surface area (TPSA) is 52.9 Å². The zero-order valence-electron chi connectivity index (χ0n) is 19.1. The van der Waals surface area contributed by atoms with Gasteiger partial charge in [0.05, 0.1) is 18.2 Å². The maximum atomic E-state index is 11.1. The van der Waals surface area contributed by atoms with Gasteiger partial charge < -0.3 is 15.1 Å². The molecule has 0 aromatic carbocycles. The third-order valence-corrected chi connectivity index (χ3v) is 10.4. The number of fused-ring (bicyclic) bond motifs is 5.